The van der Waals surface area contributed by atoms with E-state index in [4.69, 9.17) is 17.3 Å². The Kier molecular flexibility index (Phi) is 5.47. The molecule has 0 spiro atoms. The molecule has 1 aliphatic heterocycles. The van der Waals surface area contributed by atoms with Gasteiger partial charge in [-0.25, -0.2) is 0 Å². The van der Waals surface area contributed by atoms with Crippen LogP contribution in [0, 0.1) is 9.49 Å². The number of hydrogen-bond donors (Lipinski definition) is 1. The molecule has 0 aliphatic carbocycles. The summed E-state index contributed by atoms with van der Waals surface area (Å²) in [5.74, 6) is 0.633. The summed E-state index contributed by atoms with van der Waals surface area (Å²) < 4.78 is 0.952. The van der Waals surface area contributed by atoms with E-state index in [1.54, 1.807) is 6.07 Å². The van der Waals surface area contributed by atoms with E-state index in [1.165, 1.54) is 6.42 Å². The molecule has 1 aromatic carbocycles. The predicted molar refractivity (Wildman–Crippen MR) is 86.5 cm³/mol. The summed E-state index contributed by atoms with van der Waals surface area (Å²) in [6.45, 7) is 2.35. The summed E-state index contributed by atoms with van der Waals surface area (Å²) >= 11 is 8.17. The molecule has 104 valence electrons. The van der Waals surface area contributed by atoms with Gasteiger partial charge in [0.1, 0.15) is 0 Å². The highest BCUT2D eigenvalue weighted by Gasteiger charge is 2.25. The fraction of sp³-hybridized carbons (Fsp3) is 0.500. The number of halogens is 2. The monoisotopic (exact) mass is 392 g/mol. The van der Waals surface area contributed by atoms with Crippen molar-refractivity contribution in [1.82, 2.24) is 4.90 Å². The quantitative estimate of drug-likeness (QED) is 0.803. The van der Waals surface area contributed by atoms with E-state index >= 15 is 0 Å². The van der Waals surface area contributed by atoms with Crippen LogP contribution in [0.25, 0.3) is 0 Å². The van der Waals surface area contributed by atoms with Gasteiger partial charge in [0.15, 0.2) is 0 Å². The number of amides is 1. The van der Waals surface area contributed by atoms with Crippen molar-refractivity contribution in [2.75, 3.05) is 19.6 Å². The summed E-state index contributed by atoms with van der Waals surface area (Å²) in [6.07, 6.45) is 3.23. The Morgan fingerprint density at radius 3 is 3.05 bits per heavy atom. The van der Waals surface area contributed by atoms with Gasteiger partial charge in [0, 0.05) is 21.7 Å². The molecule has 1 fully saturated rings. The fourth-order valence-corrected chi connectivity index (χ4v) is 3.29. The number of nitrogens with two attached hydrogens (primary N) is 1. The molecule has 1 saturated heterocycles. The van der Waals surface area contributed by atoms with Crippen LogP contribution in [0.15, 0.2) is 18.2 Å². The zero-order valence-electron chi connectivity index (χ0n) is 10.7. The summed E-state index contributed by atoms with van der Waals surface area (Å²) in [6, 6.07) is 5.46. The van der Waals surface area contributed by atoms with Gasteiger partial charge in [-0.1, -0.05) is 11.6 Å². The number of hydrogen-bond acceptors (Lipinski definition) is 2. The summed E-state index contributed by atoms with van der Waals surface area (Å²) in [5, 5.41) is 0.610. The molecule has 1 atom stereocenters. The third-order valence-electron chi connectivity index (χ3n) is 3.54. The van der Waals surface area contributed by atoms with E-state index in [1.807, 2.05) is 17.0 Å². The standard InChI is InChI=1S/C14H18ClIN2O/c15-11-3-4-13(16)12(8-11)14(19)18-7-1-2-10(9-18)5-6-17/h3-4,8,10H,1-2,5-7,9,17H2. The number of likely N-dealkylation sites (tertiary alicyclic amines) is 1. The average molecular weight is 393 g/mol. The lowest BCUT2D eigenvalue weighted by molar-refractivity contribution is 0.0668. The molecule has 5 heteroatoms. The van der Waals surface area contributed by atoms with Crippen molar-refractivity contribution < 1.29 is 4.79 Å². The molecule has 0 aromatic heterocycles. The summed E-state index contributed by atoms with van der Waals surface area (Å²) in [5.41, 5.74) is 6.32. The summed E-state index contributed by atoms with van der Waals surface area (Å²) in [4.78, 5) is 14.5. The smallest absolute Gasteiger partial charge is 0.254 e. The van der Waals surface area contributed by atoms with E-state index < -0.39 is 0 Å². The Hall–Kier alpha value is -0.330. The summed E-state index contributed by atoms with van der Waals surface area (Å²) in [7, 11) is 0. The minimum absolute atomic E-state index is 0.0913. The molecular formula is C14H18ClIN2O. The van der Waals surface area contributed by atoms with Crippen molar-refractivity contribution in [1.29, 1.82) is 0 Å². The van der Waals surface area contributed by atoms with Crippen molar-refractivity contribution in [3.8, 4) is 0 Å². The first-order valence-corrected chi connectivity index (χ1v) is 8.02. The van der Waals surface area contributed by atoms with Crippen molar-refractivity contribution in [2.24, 2.45) is 11.7 Å². The van der Waals surface area contributed by atoms with Gasteiger partial charge >= 0.3 is 0 Å². The largest absolute Gasteiger partial charge is 0.338 e. The van der Waals surface area contributed by atoms with E-state index in [0.717, 1.165) is 29.5 Å². The number of rotatable bonds is 3. The second kappa shape index (κ2) is 6.90. The number of benzene rings is 1. The van der Waals surface area contributed by atoms with Crippen LogP contribution >= 0.6 is 34.2 Å². The molecular weight excluding hydrogens is 375 g/mol. The van der Waals surface area contributed by atoms with Crippen LogP contribution in [-0.2, 0) is 0 Å². The minimum atomic E-state index is 0.0913. The van der Waals surface area contributed by atoms with Crippen molar-refractivity contribution in [2.45, 2.75) is 19.3 Å². The first-order chi connectivity index (χ1) is 9.11. The molecule has 1 unspecified atom stereocenters. The van der Waals surface area contributed by atoms with Crippen LogP contribution in [0.2, 0.25) is 5.02 Å². The number of piperidine rings is 1. The molecule has 1 amide bonds. The Labute approximate surface area is 132 Å². The molecule has 2 N–H and O–H groups in total. The highest BCUT2D eigenvalue weighted by Crippen LogP contribution is 2.24. The molecule has 1 heterocycles. The topological polar surface area (TPSA) is 46.3 Å². The van der Waals surface area contributed by atoms with Gasteiger partial charge in [0.05, 0.1) is 5.56 Å². The van der Waals surface area contributed by atoms with Crippen molar-refractivity contribution >= 4 is 40.1 Å². The molecule has 1 aliphatic rings. The fourth-order valence-electron chi connectivity index (χ4n) is 2.55. The van der Waals surface area contributed by atoms with Gasteiger partial charge in [0.25, 0.3) is 5.91 Å². The Morgan fingerprint density at radius 1 is 1.53 bits per heavy atom. The molecule has 1 aromatic rings. The zero-order chi connectivity index (χ0) is 13.8. The Bertz CT molecular complexity index is 465. The van der Waals surface area contributed by atoms with Gasteiger partial charge in [-0.15, -0.1) is 0 Å². The van der Waals surface area contributed by atoms with Gasteiger partial charge < -0.3 is 10.6 Å². The molecule has 3 nitrogen and oxygen atoms in total. The maximum atomic E-state index is 12.6. The van der Waals surface area contributed by atoms with Crippen LogP contribution in [0.1, 0.15) is 29.6 Å². The third-order valence-corrected chi connectivity index (χ3v) is 4.72. The lowest BCUT2D eigenvalue weighted by Crippen LogP contribution is -2.40. The van der Waals surface area contributed by atoms with Crippen LogP contribution in [0.3, 0.4) is 0 Å². The van der Waals surface area contributed by atoms with Gasteiger partial charge in [-0.2, -0.15) is 0 Å². The minimum Gasteiger partial charge on any atom is -0.338 e. The van der Waals surface area contributed by atoms with E-state index in [2.05, 4.69) is 22.6 Å². The van der Waals surface area contributed by atoms with Crippen molar-refractivity contribution in [3.63, 3.8) is 0 Å². The molecule has 0 bridgehead atoms. The van der Waals surface area contributed by atoms with E-state index in [9.17, 15) is 4.79 Å². The van der Waals surface area contributed by atoms with E-state index in [-0.39, 0.29) is 5.91 Å². The number of carbonyl (C=O) groups is 1. The van der Waals surface area contributed by atoms with Crippen LogP contribution < -0.4 is 5.73 Å². The second-order valence-electron chi connectivity index (χ2n) is 4.96. The van der Waals surface area contributed by atoms with Crippen LogP contribution in [0.4, 0.5) is 0 Å². The molecule has 0 radical (unpaired) electrons. The SMILES string of the molecule is NCCC1CCCN(C(=O)c2cc(Cl)ccc2I)C1. The molecule has 0 saturated carbocycles. The van der Waals surface area contributed by atoms with Gasteiger partial charge in [0.2, 0.25) is 0 Å². The average Bonchev–Trinajstić information content (AvgIpc) is 2.41. The lowest BCUT2D eigenvalue weighted by Gasteiger charge is -2.33. The maximum Gasteiger partial charge on any atom is 0.254 e. The first kappa shape index (κ1) is 15.1. The highest BCUT2D eigenvalue weighted by atomic mass is 127. The predicted octanol–water partition coefficient (Wildman–Crippen LogP) is 3.15. The van der Waals surface area contributed by atoms with Crippen molar-refractivity contribution in [3.05, 3.63) is 32.4 Å². The van der Waals surface area contributed by atoms with Crippen LogP contribution in [0.5, 0.6) is 0 Å². The normalized spacial score (nSPS) is 19.5. The van der Waals surface area contributed by atoms with Gasteiger partial charge in [-0.05, 0) is 72.5 Å². The number of nitrogens with zero attached hydrogens (tertiary/aromatic N) is 1. The van der Waals surface area contributed by atoms with E-state index in [0.29, 0.717) is 23.0 Å². The maximum absolute atomic E-state index is 12.6. The zero-order valence-corrected chi connectivity index (χ0v) is 13.7. The lowest BCUT2D eigenvalue weighted by atomic mass is 9.94. The first-order valence-electron chi connectivity index (χ1n) is 6.56. The molecule has 19 heavy (non-hydrogen) atoms. The third kappa shape index (κ3) is 3.83. The molecule has 2 rings (SSSR count). The second-order valence-corrected chi connectivity index (χ2v) is 6.56. The van der Waals surface area contributed by atoms with Gasteiger partial charge in [-0.3, -0.25) is 4.79 Å². The highest BCUT2D eigenvalue weighted by molar-refractivity contribution is 14.1. The van der Waals surface area contributed by atoms with Crippen LogP contribution in [-0.4, -0.2) is 30.4 Å². The Morgan fingerprint density at radius 2 is 2.32 bits per heavy atom. The number of carbonyl (C=O) groups excluding carboxylic acids is 1. The Balaban J connectivity index is 2.12.